The molecule has 0 aliphatic carbocycles. The Bertz CT molecular complexity index is 921. The number of aromatic nitrogens is 2. The van der Waals surface area contributed by atoms with Gasteiger partial charge in [-0.05, 0) is 60.0 Å². The average Bonchev–Trinajstić information content (AvgIpc) is 2.83. The Morgan fingerprint density at radius 1 is 0.962 bits per heavy atom. The molecule has 1 atom stereocenters. The molecule has 0 saturated carbocycles. The number of halogens is 2. The standard InChI is InChI=1S/C20H18F2N4/c21-15-8-13(9-16(22)10-15)18-5-6-24-11-14-7-12(1-2-17(14)18)19-3-4-20(23)26-25-19/h1-4,7-10,18,24H,5-6,11H2,(H2,23,26). The summed E-state index contributed by atoms with van der Waals surface area (Å²) in [5.41, 5.74) is 10.1. The predicted molar refractivity (Wildman–Crippen MR) is 96.4 cm³/mol. The topological polar surface area (TPSA) is 63.8 Å². The highest BCUT2D eigenvalue weighted by molar-refractivity contribution is 5.62. The summed E-state index contributed by atoms with van der Waals surface area (Å²) in [6.45, 7) is 1.47. The van der Waals surface area contributed by atoms with Crippen LogP contribution in [-0.4, -0.2) is 16.7 Å². The van der Waals surface area contributed by atoms with Gasteiger partial charge in [0.15, 0.2) is 0 Å². The second-order valence-electron chi connectivity index (χ2n) is 6.48. The molecule has 1 unspecified atom stereocenters. The largest absolute Gasteiger partial charge is 0.382 e. The third-order valence-electron chi connectivity index (χ3n) is 4.71. The molecule has 4 nitrogen and oxygen atoms in total. The molecule has 1 aromatic heterocycles. The van der Waals surface area contributed by atoms with Crippen molar-refractivity contribution < 1.29 is 8.78 Å². The highest BCUT2D eigenvalue weighted by Crippen LogP contribution is 2.34. The molecule has 3 N–H and O–H groups in total. The molecule has 1 aliphatic heterocycles. The van der Waals surface area contributed by atoms with E-state index in [-0.39, 0.29) is 5.92 Å². The number of nitrogen functional groups attached to an aromatic ring is 1. The Morgan fingerprint density at radius 3 is 2.50 bits per heavy atom. The summed E-state index contributed by atoms with van der Waals surface area (Å²) >= 11 is 0. The van der Waals surface area contributed by atoms with E-state index in [0.717, 1.165) is 41.4 Å². The maximum Gasteiger partial charge on any atom is 0.146 e. The monoisotopic (exact) mass is 352 g/mol. The van der Waals surface area contributed by atoms with Crippen LogP contribution in [0.5, 0.6) is 0 Å². The van der Waals surface area contributed by atoms with Crippen molar-refractivity contribution in [3.05, 3.63) is 76.9 Å². The van der Waals surface area contributed by atoms with Crippen LogP contribution in [0.4, 0.5) is 14.6 Å². The molecule has 0 spiro atoms. The van der Waals surface area contributed by atoms with Crippen LogP contribution in [0.2, 0.25) is 0 Å². The maximum atomic E-state index is 13.7. The zero-order valence-corrected chi connectivity index (χ0v) is 14.0. The lowest BCUT2D eigenvalue weighted by molar-refractivity contribution is 0.573. The van der Waals surface area contributed by atoms with Crippen molar-refractivity contribution in [3.8, 4) is 11.3 Å². The summed E-state index contributed by atoms with van der Waals surface area (Å²) in [5, 5.41) is 11.4. The molecular formula is C20H18F2N4. The molecule has 0 radical (unpaired) electrons. The lowest BCUT2D eigenvalue weighted by atomic mass is 9.85. The normalized spacial score (nSPS) is 16.8. The summed E-state index contributed by atoms with van der Waals surface area (Å²) in [6, 6.07) is 13.3. The number of nitrogens with one attached hydrogen (secondary N) is 1. The van der Waals surface area contributed by atoms with Gasteiger partial charge in [-0.15, -0.1) is 10.2 Å². The van der Waals surface area contributed by atoms with Gasteiger partial charge in [0.2, 0.25) is 0 Å². The molecule has 4 rings (SSSR count). The first-order chi connectivity index (χ1) is 12.6. The third-order valence-corrected chi connectivity index (χ3v) is 4.71. The quantitative estimate of drug-likeness (QED) is 0.739. The van der Waals surface area contributed by atoms with Crippen LogP contribution < -0.4 is 11.1 Å². The smallest absolute Gasteiger partial charge is 0.146 e. The second-order valence-corrected chi connectivity index (χ2v) is 6.48. The SMILES string of the molecule is Nc1ccc(-c2ccc3c(c2)CNCCC3c2cc(F)cc(F)c2)nn1. The van der Waals surface area contributed by atoms with Gasteiger partial charge in [-0.3, -0.25) is 0 Å². The number of nitrogens with zero attached hydrogens (tertiary/aromatic N) is 2. The number of anilines is 1. The van der Waals surface area contributed by atoms with Crippen LogP contribution in [0.25, 0.3) is 11.3 Å². The molecular weight excluding hydrogens is 334 g/mol. The molecule has 2 aromatic carbocycles. The molecule has 2 heterocycles. The van der Waals surface area contributed by atoms with Crippen LogP contribution in [-0.2, 0) is 6.54 Å². The number of nitrogens with two attached hydrogens (primary N) is 1. The molecule has 0 amide bonds. The van der Waals surface area contributed by atoms with Gasteiger partial charge >= 0.3 is 0 Å². The number of fused-ring (bicyclic) bond motifs is 1. The van der Waals surface area contributed by atoms with Crippen LogP contribution in [0, 0.1) is 11.6 Å². The van der Waals surface area contributed by atoms with Crippen LogP contribution in [0.3, 0.4) is 0 Å². The van der Waals surface area contributed by atoms with E-state index in [1.807, 2.05) is 18.2 Å². The molecule has 1 aliphatic rings. The van der Waals surface area contributed by atoms with Gasteiger partial charge in [-0.25, -0.2) is 8.78 Å². The van der Waals surface area contributed by atoms with Crippen molar-refractivity contribution in [2.24, 2.45) is 0 Å². The number of hydrogen-bond donors (Lipinski definition) is 2. The van der Waals surface area contributed by atoms with Crippen molar-refractivity contribution >= 4 is 5.82 Å². The summed E-state index contributed by atoms with van der Waals surface area (Å²) in [6.07, 6.45) is 0.775. The second kappa shape index (κ2) is 6.80. The number of benzene rings is 2. The number of rotatable bonds is 2. The van der Waals surface area contributed by atoms with E-state index in [9.17, 15) is 8.78 Å². The summed E-state index contributed by atoms with van der Waals surface area (Å²) in [4.78, 5) is 0. The lowest BCUT2D eigenvalue weighted by Crippen LogP contribution is -2.12. The van der Waals surface area contributed by atoms with Gasteiger partial charge in [-0.2, -0.15) is 0 Å². The van der Waals surface area contributed by atoms with Gasteiger partial charge in [0.1, 0.15) is 17.5 Å². The fourth-order valence-corrected chi connectivity index (χ4v) is 3.50. The van der Waals surface area contributed by atoms with Crippen molar-refractivity contribution in [1.82, 2.24) is 15.5 Å². The predicted octanol–water partition coefficient (Wildman–Crippen LogP) is 3.63. The van der Waals surface area contributed by atoms with Crippen molar-refractivity contribution in [2.45, 2.75) is 18.9 Å². The molecule has 6 heteroatoms. The highest BCUT2D eigenvalue weighted by atomic mass is 19.1. The minimum atomic E-state index is -0.549. The first-order valence-corrected chi connectivity index (χ1v) is 8.49. The fourth-order valence-electron chi connectivity index (χ4n) is 3.50. The Labute approximate surface area is 150 Å². The maximum absolute atomic E-state index is 13.7. The van der Waals surface area contributed by atoms with E-state index in [1.165, 1.54) is 12.1 Å². The van der Waals surface area contributed by atoms with Crippen LogP contribution in [0.1, 0.15) is 29.0 Å². The first kappa shape index (κ1) is 16.6. The third kappa shape index (κ3) is 3.28. The van der Waals surface area contributed by atoms with Crippen molar-refractivity contribution in [1.29, 1.82) is 0 Å². The Balaban J connectivity index is 1.76. The van der Waals surface area contributed by atoms with Crippen molar-refractivity contribution in [3.63, 3.8) is 0 Å². The first-order valence-electron chi connectivity index (χ1n) is 8.49. The zero-order chi connectivity index (χ0) is 18.1. The molecule has 0 saturated heterocycles. The van der Waals surface area contributed by atoms with Crippen LogP contribution in [0.15, 0.2) is 48.5 Å². The average molecular weight is 352 g/mol. The molecule has 0 fully saturated rings. The fraction of sp³-hybridized carbons (Fsp3) is 0.200. The highest BCUT2D eigenvalue weighted by Gasteiger charge is 2.22. The van der Waals surface area contributed by atoms with Gasteiger partial charge in [0.25, 0.3) is 0 Å². The van der Waals surface area contributed by atoms with E-state index < -0.39 is 11.6 Å². The zero-order valence-electron chi connectivity index (χ0n) is 14.0. The van der Waals surface area contributed by atoms with Gasteiger partial charge in [0, 0.05) is 24.1 Å². The molecule has 132 valence electrons. The molecule has 26 heavy (non-hydrogen) atoms. The minimum Gasteiger partial charge on any atom is -0.382 e. The van der Waals surface area contributed by atoms with E-state index >= 15 is 0 Å². The summed E-state index contributed by atoms with van der Waals surface area (Å²) in [7, 11) is 0. The minimum absolute atomic E-state index is 0.0586. The Hall–Kier alpha value is -2.86. The lowest BCUT2D eigenvalue weighted by Gasteiger charge is -2.19. The van der Waals surface area contributed by atoms with Crippen molar-refractivity contribution in [2.75, 3.05) is 12.3 Å². The Kier molecular flexibility index (Phi) is 4.34. The number of hydrogen-bond acceptors (Lipinski definition) is 4. The van der Waals surface area contributed by atoms with Crippen LogP contribution >= 0.6 is 0 Å². The van der Waals surface area contributed by atoms with E-state index in [2.05, 4.69) is 21.6 Å². The molecule has 0 bridgehead atoms. The van der Waals surface area contributed by atoms with E-state index in [1.54, 1.807) is 6.07 Å². The Morgan fingerprint density at radius 2 is 1.77 bits per heavy atom. The van der Waals surface area contributed by atoms with Gasteiger partial charge in [0.05, 0.1) is 5.69 Å². The molecule has 3 aromatic rings. The summed E-state index contributed by atoms with van der Waals surface area (Å²) in [5.74, 6) is -0.782. The van der Waals surface area contributed by atoms with E-state index in [4.69, 9.17) is 5.73 Å². The van der Waals surface area contributed by atoms with Gasteiger partial charge < -0.3 is 11.1 Å². The van der Waals surface area contributed by atoms with Gasteiger partial charge in [-0.1, -0.05) is 12.1 Å². The summed E-state index contributed by atoms with van der Waals surface area (Å²) < 4.78 is 27.4. The van der Waals surface area contributed by atoms with E-state index in [0.29, 0.717) is 17.9 Å².